The molecule has 1 aromatic heterocycles. The van der Waals surface area contributed by atoms with Gasteiger partial charge in [-0.15, -0.1) is 0 Å². The van der Waals surface area contributed by atoms with Crippen molar-refractivity contribution in [2.75, 3.05) is 25.9 Å². The molecule has 0 spiro atoms. The fourth-order valence-electron chi connectivity index (χ4n) is 1.25. The fraction of sp³-hybridized carbons (Fsp3) is 0.500. The number of nitrogen functional groups attached to an aromatic ring is 1. The molecular weight excluding hydrogens is 216 g/mol. The third-order valence-corrected chi connectivity index (χ3v) is 2.68. The Morgan fingerprint density at radius 2 is 2.24 bits per heavy atom. The lowest BCUT2D eigenvalue weighted by molar-refractivity contribution is 0.0947. The van der Waals surface area contributed by atoms with Crippen molar-refractivity contribution in [1.29, 1.82) is 0 Å². The second-order valence-corrected chi connectivity index (χ2v) is 4.30. The van der Waals surface area contributed by atoms with Gasteiger partial charge >= 0.3 is 0 Å². The summed E-state index contributed by atoms with van der Waals surface area (Å²) in [6.45, 7) is 5.68. The number of nitrogens with one attached hydrogen (secondary N) is 1. The van der Waals surface area contributed by atoms with Gasteiger partial charge in [0.05, 0.1) is 5.56 Å². The third-order valence-electron chi connectivity index (χ3n) is 2.68. The van der Waals surface area contributed by atoms with Crippen LogP contribution in [0.15, 0.2) is 18.3 Å². The van der Waals surface area contributed by atoms with Crippen molar-refractivity contribution in [3.8, 4) is 0 Å². The topological polar surface area (TPSA) is 71.2 Å². The summed E-state index contributed by atoms with van der Waals surface area (Å²) in [5.74, 6) is 0.302. The summed E-state index contributed by atoms with van der Waals surface area (Å²) in [5, 5.41) is 2.84. The Labute approximate surface area is 102 Å². The zero-order valence-electron chi connectivity index (χ0n) is 10.6. The van der Waals surface area contributed by atoms with Crippen LogP contribution in [0, 0.1) is 0 Å². The van der Waals surface area contributed by atoms with Crippen LogP contribution in [-0.2, 0) is 0 Å². The lowest BCUT2D eigenvalue weighted by Crippen LogP contribution is -2.36. The maximum Gasteiger partial charge on any atom is 0.252 e. The highest BCUT2D eigenvalue weighted by Gasteiger charge is 2.06. The second kappa shape index (κ2) is 6.20. The standard InChI is InChI=1S/C12H20N4O/c1-9(2)16(3)7-6-14-12(17)10-4-5-11(13)15-8-10/h4-5,8-9H,6-7H2,1-3H3,(H2,13,15)(H,14,17). The molecular formula is C12H20N4O. The van der Waals surface area contributed by atoms with Crippen LogP contribution < -0.4 is 11.1 Å². The number of pyridine rings is 1. The molecule has 94 valence electrons. The van der Waals surface area contributed by atoms with Crippen molar-refractivity contribution in [1.82, 2.24) is 15.2 Å². The molecule has 0 unspecified atom stereocenters. The van der Waals surface area contributed by atoms with Crippen LogP contribution in [0.2, 0.25) is 0 Å². The summed E-state index contributed by atoms with van der Waals surface area (Å²) in [6, 6.07) is 3.77. The third kappa shape index (κ3) is 4.40. The Balaban J connectivity index is 2.37. The Hall–Kier alpha value is -1.62. The minimum Gasteiger partial charge on any atom is -0.384 e. The van der Waals surface area contributed by atoms with Gasteiger partial charge in [0, 0.05) is 25.3 Å². The van der Waals surface area contributed by atoms with E-state index in [4.69, 9.17) is 5.73 Å². The molecule has 0 aromatic carbocycles. The molecule has 5 heteroatoms. The molecule has 0 fully saturated rings. The van der Waals surface area contributed by atoms with Gasteiger partial charge < -0.3 is 16.0 Å². The van der Waals surface area contributed by atoms with Gasteiger partial charge in [0.15, 0.2) is 0 Å². The molecule has 0 bridgehead atoms. The van der Waals surface area contributed by atoms with E-state index in [1.807, 2.05) is 7.05 Å². The van der Waals surface area contributed by atoms with Crippen molar-refractivity contribution in [2.24, 2.45) is 0 Å². The van der Waals surface area contributed by atoms with Gasteiger partial charge in [0.25, 0.3) is 5.91 Å². The van der Waals surface area contributed by atoms with E-state index < -0.39 is 0 Å². The Morgan fingerprint density at radius 1 is 1.53 bits per heavy atom. The molecule has 0 aliphatic carbocycles. The van der Waals surface area contributed by atoms with Crippen LogP contribution in [-0.4, -0.2) is 42.0 Å². The number of amides is 1. The van der Waals surface area contributed by atoms with E-state index in [1.165, 1.54) is 6.20 Å². The lowest BCUT2D eigenvalue weighted by Gasteiger charge is -2.20. The smallest absolute Gasteiger partial charge is 0.252 e. The molecule has 0 aliphatic heterocycles. The zero-order chi connectivity index (χ0) is 12.8. The van der Waals surface area contributed by atoms with Crippen LogP contribution in [0.25, 0.3) is 0 Å². The van der Waals surface area contributed by atoms with Gasteiger partial charge in [0.2, 0.25) is 0 Å². The van der Waals surface area contributed by atoms with Gasteiger partial charge in [-0.25, -0.2) is 4.98 Å². The second-order valence-electron chi connectivity index (χ2n) is 4.30. The van der Waals surface area contributed by atoms with E-state index in [9.17, 15) is 4.79 Å². The molecule has 0 saturated carbocycles. The first kappa shape index (κ1) is 13.4. The molecule has 0 aliphatic rings. The molecule has 3 N–H and O–H groups in total. The van der Waals surface area contributed by atoms with E-state index in [-0.39, 0.29) is 5.91 Å². The normalized spacial score (nSPS) is 10.9. The number of anilines is 1. The number of aromatic nitrogens is 1. The average molecular weight is 236 g/mol. The first-order chi connectivity index (χ1) is 8.00. The zero-order valence-corrected chi connectivity index (χ0v) is 10.6. The number of rotatable bonds is 5. The van der Waals surface area contributed by atoms with Crippen molar-refractivity contribution in [3.05, 3.63) is 23.9 Å². The predicted octanol–water partition coefficient (Wildman–Crippen LogP) is 0.734. The molecule has 0 radical (unpaired) electrons. The molecule has 17 heavy (non-hydrogen) atoms. The highest BCUT2D eigenvalue weighted by Crippen LogP contribution is 2.00. The van der Waals surface area contributed by atoms with Crippen molar-refractivity contribution < 1.29 is 4.79 Å². The largest absolute Gasteiger partial charge is 0.384 e. The van der Waals surface area contributed by atoms with E-state index in [2.05, 4.69) is 29.0 Å². The maximum atomic E-state index is 11.7. The quantitative estimate of drug-likeness (QED) is 0.790. The molecule has 5 nitrogen and oxygen atoms in total. The van der Waals surface area contributed by atoms with Crippen LogP contribution in [0.5, 0.6) is 0 Å². The minimum atomic E-state index is -0.116. The van der Waals surface area contributed by atoms with Crippen LogP contribution in [0.3, 0.4) is 0 Å². The number of hydrogen-bond donors (Lipinski definition) is 2. The van der Waals surface area contributed by atoms with Crippen molar-refractivity contribution in [2.45, 2.75) is 19.9 Å². The van der Waals surface area contributed by atoms with Gasteiger partial charge in [-0.2, -0.15) is 0 Å². The van der Waals surface area contributed by atoms with Crippen LogP contribution in [0.1, 0.15) is 24.2 Å². The maximum absolute atomic E-state index is 11.7. The molecule has 1 amide bonds. The Kier molecular flexibility index (Phi) is 4.90. The molecule has 1 heterocycles. The molecule has 1 rings (SSSR count). The number of nitrogens with zero attached hydrogens (tertiary/aromatic N) is 2. The van der Waals surface area contributed by atoms with Crippen LogP contribution in [0.4, 0.5) is 5.82 Å². The molecule has 1 aromatic rings. The Morgan fingerprint density at radius 3 is 2.76 bits per heavy atom. The number of nitrogens with two attached hydrogens (primary N) is 1. The van der Waals surface area contributed by atoms with Gasteiger partial charge in [-0.1, -0.05) is 0 Å². The summed E-state index contributed by atoms with van der Waals surface area (Å²) in [5.41, 5.74) is 5.98. The first-order valence-corrected chi connectivity index (χ1v) is 5.70. The lowest BCUT2D eigenvalue weighted by atomic mass is 10.2. The van der Waals surface area contributed by atoms with E-state index >= 15 is 0 Å². The number of carbonyl (C=O) groups excluding carboxylic acids is 1. The van der Waals surface area contributed by atoms with Gasteiger partial charge in [0.1, 0.15) is 5.82 Å². The average Bonchev–Trinajstić information content (AvgIpc) is 2.29. The summed E-state index contributed by atoms with van der Waals surface area (Å²) in [4.78, 5) is 17.7. The van der Waals surface area contributed by atoms with Crippen LogP contribution >= 0.6 is 0 Å². The summed E-state index contributed by atoms with van der Waals surface area (Å²) in [6.07, 6.45) is 1.48. The summed E-state index contributed by atoms with van der Waals surface area (Å²) < 4.78 is 0. The molecule has 0 atom stereocenters. The molecule has 0 saturated heterocycles. The van der Waals surface area contributed by atoms with Gasteiger partial charge in [-0.05, 0) is 33.0 Å². The van der Waals surface area contributed by atoms with Crippen molar-refractivity contribution >= 4 is 11.7 Å². The van der Waals surface area contributed by atoms with E-state index in [0.717, 1.165) is 6.54 Å². The Bertz CT molecular complexity index is 361. The minimum absolute atomic E-state index is 0.116. The van der Waals surface area contributed by atoms with E-state index in [1.54, 1.807) is 12.1 Å². The SMILES string of the molecule is CC(C)N(C)CCNC(=O)c1ccc(N)nc1. The van der Waals surface area contributed by atoms with Gasteiger partial charge in [-0.3, -0.25) is 4.79 Å². The highest BCUT2D eigenvalue weighted by atomic mass is 16.1. The van der Waals surface area contributed by atoms with E-state index in [0.29, 0.717) is 24.0 Å². The predicted molar refractivity (Wildman–Crippen MR) is 68.7 cm³/mol. The first-order valence-electron chi connectivity index (χ1n) is 5.70. The number of carbonyl (C=O) groups is 1. The van der Waals surface area contributed by atoms with Crippen molar-refractivity contribution in [3.63, 3.8) is 0 Å². The number of likely N-dealkylation sites (N-methyl/N-ethyl adjacent to an activating group) is 1. The summed E-state index contributed by atoms with van der Waals surface area (Å²) >= 11 is 0. The number of hydrogen-bond acceptors (Lipinski definition) is 4. The fourth-order valence-corrected chi connectivity index (χ4v) is 1.25. The summed E-state index contributed by atoms with van der Waals surface area (Å²) in [7, 11) is 2.03. The monoisotopic (exact) mass is 236 g/mol. The highest BCUT2D eigenvalue weighted by molar-refractivity contribution is 5.93.